The van der Waals surface area contributed by atoms with E-state index in [1.165, 1.54) is 48.4 Å². The first-order valence-corrected chi connectivity index (χ1v) is 14.2. The first-order chi connectivity index (χ1) is 18.6. The van der Waals surface area contributed by atoms with E-state index in [2.05, 4.69) is 90.4 Å². The second-order valence-corrected chi connectivity index (χ2v) is 10.9. The van der Waals surface area contributed by atoms with Crippen molar-refractivity contribution in [1.82, 2.24) is 4.90 Å². The molecule has 202 valence electrons. The molecule has 2 heterocycles. The van der Waals surface area contributed by atoms with Gasteiger partial charge in [0.1, 0.15) is 23.9 Å². The molecular weight excluding hydrogens is 472 g/mol. The maximum absolute atomic E-state index is 6.09. The highest BCUT2D eigenvalue weighted by atomic mass is 16.5. The average Bonchev–Trinajstić information content (AvgIpc) is 3.46. The van der Waals surface area contributed by atoms with Gasteiger partial charge < -0.3 is 19.1 Å². The number of benzene rings is 3. The summed E-state index contributed by atoms with van der Waals surface area (Å²) in [6, 6.07) is 24.0. The van der Waals surface area contributed by atoms with Gasteiger partial charge in [0, 0.05) is 17.9 Å². The summed E-state index contributed by atoms with van der Waals surface area (Å²) < 4.78 is 17.6. The van der Waals surface area contributed by atoms with Crippen molar-refractivity contribution < 1.29 is 14.2 Å². The fourth-order valence-electron chi connectivity index (χ4n) is 5.55. The zero-order valence-electron chi connectivity index (χ0n) is 23.2. The van der Waals surface area contributed by atoms with Crippen LogP contribution in [0.3, 0.4) is 0 Å². The fourth-order valence-corrected chi connectivity index (χ4v) is 5.55. The molecule has 1 fully saturated rings. The number of rotatable bonds is 11. The minimum atomic E-state index is 0.238. The highest BCUT2D eigenvalue weighted by Gasteiger charge is 2.29. The van der Waals surface area contributed by atoms with E-state index in [1.807, 2.05) is 0 Å². The van der Waals surface area contributed by atoms with Crippen LogP contribution < -0.4 is 19.1 Å². The average molecular weight is 515 g/mol. The molecular formula is C33H42N2O3. The Morgan fingerprint density at radius 1 is 0.816 bits per heavy atom. The van der Waals surface area contributed by atoms with E-state index < -0.39 is 0 Å². The Kier molecular flexibility index (Phi) is 8.75. The molecule has 5 nitrogen and oxygen atoms in total. The maximum atomic E-state index is 6.09. The largest absolute Gasteiger partial charge is 0.497 e. The third kappa shape index (κ3) is 6.44. The second kappa shape index (κ2) is 12.6. The zero-order valence-corrected chi connectivity index (χ0v) is 23.2. The summed E-state index contributed by atoms with van der Waals surface area (Å²) in [6.07, 6.45) is 5.73. The van der Waals surface area contributed by atoms with E-state index in [4.69, 9.17) is 14.2 Å². The smallest absolute Gasteiger partial charge is 0.119 e. The normalized spacial score (nSPS) is 17.5. The summed E-state index contributed by atoms with van der Waals surface area (Å²) in [7, 11) is 1.73. The topological polar surface area (TPSA) is 34.2 Å². The van der Waals surface area contributed by atoms with Crippen molar-refractivity contribution in [3.63, 3.8) is 0 Å². The molecule has 5 rings (SSSR count). The van der Waals surface area contributed by atoms with E-state index in [-0.39, 0.29) is 6.04 Å². The summed E-state index contributed by atoms with van der Waals surface area (Å²) in [5.74, 6) is 3.43. The van der Waals surface area contributed by atoms with Gasteiger partial charge in [-0.05, 0) is 117 Å². The highest BCUT2D eigenvalue weighted by Crippen LogP contribution is 2.45. The number of fused-ring (bicyclic) bond motifs is 1. The molecule has 0 radical (unpaired) electrons. The first kappa shape index (κ1) is 26.4. The molecule has 2 aliphatic heterocycles. The van der Waals surface area contributed by atoms with Gasteiger partial charge in [-0.1, -0.05) is 26.0 Å². The van der Waals surface area contributed by atoms with Gasteiger partial charge in [0.2, 0.25) is 0 Å². The highest BCUT2D eigenvalue weighted by molar-refractivity contribution is 5.71. The van der Waals surface area contributed by atoms with Crippen LogP contribution in [0.25, 0.3) is 0 Å². The van der Waals surface area contributed by atoms with Crippen LogP contribution in [-0.2, 0) is 6.42 Å². The summed E-state index contributed by atoms with van der Waals surface area (Å²) in [5, 5.41) is 0. The molecule has 3 aromatic carbocycles. The lowest BCUT2D eigenvalue weighted by Crippen LogP contribution is -2.29. The molecule has 38 heavy (non-hydrogen) atoms. The molecule has 1 unspecified atom stereocenters. The minimum absolute atomic E-state index is 0.238. The van der Waals surface area contributed by atoms with Crippen LogP contribution in [0.1, 0.15) is 56.7 Å². The van der Waals surface area contributed by atoms with Crippen LogP contribution in [0.5, 0.6) is 17.2 Å². The molecule has 0 bridgehead atoms. The number of hydrogen-bond acceptors (Lipinski definition) is 5. The Bertz CT molecular complexity index is 1150. The van der Waals surface area contributed by atoms with Crippen LogP contribution in [0.15, 0.2) is 66.7 Å². The molecule has 0 amide bonds. The Balaban J connectivity index is 1.35. The molecule has 1 atom stereocenters. The standard InChI is InChI=1S/C33H42N2O3/c1-25(2)18-22-37-29-11-6-26(7-12-29)32-16-8-27-24-31(36-3)15-17-33(27)35(32)28-9-13-30(14-10-28)38-23-21-34-19-4-5-20-34/h6-7,9-15,17,24-25,32H,4-5,8,16,18-23H2,1-3H3. The van der Waals surface area contributed by atoms with Crippen molar-refractivity contribution in [2.75, 3.05) is 44.9 Å². The van der Waals surface area contributed by atoms with Gasteiger partial charge in [-0.3, -0.25) is 4.90 Å². The Morgan fingerprint density at radius 3 is 2.16 bits per heavy atom. The number of anilines is 2. The van der Waals surface area contributed by atoms with E-state index in [1.54, 1.807) is 7.11 Å². The SMILES string of the molecule is COc1ccc2c(c1)CCC(c1ccc(OCCC(C)C)cc1)N2c1ccc(OCCN2CCCC2)cc1. The van der Waals surface area contributed by atoms with Crippen LogP contribution >= 0.6 is 0 Å². The molecule has 1 saturated heterocycles. The summed E-state index contributed by atoms with van der Waals surface area (Å²) in [5.41, 5.74) is 5.03. The molecule has 0 N–H and O–H groups in total. The van der Waals surface area contributed by atoms with Crippen molar-refractivity contribution in [2.45, 2.75) is 52.0 Å². The molecule has 0 aromatic heterocycles. The lowest BCUT2D eigenvalue weighted by atomic mass is 9.90. The van der Waals surface area contributed by atoms with Crippen LogP contribution in [0, 0.1) is 5.92 Å². The van der Waals surface area contributed by atoms with Crippen molar-refractivity contribution in [1.29, 1.82) is 0 Å². The lowest BCUT2D eigenvalue weighted by molar-refractivity contribution is 0.238. The van der Waals surface area contributed by atoms with Crippen molar-refractivity contribution in [3.8, 4) is 17.2 Å². The van der Waals surface area contributed by atoms with Gasteiger partial charge >= 0.3 is 0 Å². The summed E-state index contributed by atoms with van der Waals surface area (Å²) >= 11 is 0. The van der Waals surface area contributed by atoms with Crippen molar-refractivity contribution in [3.05, 3.63) is 77.9 Å². The molecule has 0 spiro atoms. The van der Waals surface area contributed by atoms with Gasteiger partial charge in [0.25, 0.3) is 0 Å². The van der Waals surface area contributed by atoms with Gasteiger partial charge in [0.05, 0.1) is 19.8 Å². The molecule has 0 saturated carbocycles. The van der Waals surface area contributed by atoms with Gasteiger partial charge in [-0.15, -0.1) is 0 Å². The number of aryl methyl sites for hydroxylation is 1. The van der Waals surface area contributed by atoms with Gasteiger partial charge in [-0.2, -0.15) is 0 Å². The number of likely N-dealkylation sites (tertiary alicyclic amines) is 1. The molecule has 0 aliphatic carbocycles. The Hall–Kier alpha value is -3.18. The number of ether oxygens (including phenoxy) is 3. The Labute approximate surface area is 228 Å². The first-order valence-electron chi connectivity index (χ1n) is 14.2. The third-order valence-corrected chi connectivity index (χ3v) is 7.76. The van der Waals surface area contributed by atoms with E-state index in [0.29, 0.717) is 5.92 Å². The van der Waals surface area contributed by atoms with Crippen molar-refractivity contribution >= 4 is 11.4 Å². The summed E-state index contributed by atoms with van der Waals surface area (Å²) in [4.78, 5) is 4.96. The lowest BCUT2D eigenvalue weighted by Gasteiger charge is -2.39. The predicted octanol–water partition coefficient (Wildman–Crippen LogP) is 7.42. The van der Waals surface area contributed by atoms with E-state index in [9.17, 15) is 0 Å². The molecule has 3 aromatic rings. The van der Waals surface area contributed by atoms with Gasteiger partial charge in [-0.25, -0.2) is 0 Å². The quantitative estimate of drug-likeness (QED) is 0.266. The van der Waals surface area contributed by atoms with Gasteiger partial charge in [0.15, 0.2) is 0 Å². The monoisotopic (exact) mass is 514 g/mol. The Morgan fingerprint density at radius 2 is 1.47 bits per heavy atom. The zero-order chi connectivity index (χ0) is 26.3. The number of methoxy groups -OCH3 is 1. The number of nitrogens with zero attached hydrogens (tertiary/aromatic N) is 2. The fraction of sp³-hybridized carbons (Fsp3) is 0.455. The van der Waals surface area contributed by atoms with Crippen LogP contribution in [0.2, 0.25) is 0 Å². The van der Waals surface area contributed by atoms with Crippen LogP contribution in [0.4, 0.5) is 11.4 Å². The van der Waals surface area contributed by atoms with E-state index >= 15 is 0 Å². The van der Waals surface area contributed by atoms with Crippen molar-refractivity contribution in [2.24, 2.45) is 5.92 Å². The predicted molar refractivity (Wildman–Crippen MR) is 155 cm³/mol. The minimum Gasteiger partial charge on any atom is -0.497 e. The molecule has 2 aliphatic rings. The second-order valence-electron chi connectivity index (χ2n) is 10.9. The number of hydrogen-bond donors (Lipinski definition) is 0. The van der Waals surface area contributed by atoms with E-state index in [0.717, 1.165) is 56.3 Å². The molecule has 5 heteroatoms. The van der Waals surface area contributed by atoms with Crippen LogP contribution in [-0.4, -0.2) is 44.9 Å². The summed E-state index contributed by atoms with van der Waals surface area (Å²) in [6.45, 7) is 9.36. The third-order valence-electron chi connectivity index (χ3n) is 7.76. The maximum Gasteiger partial charge on any atom is 0.119 e.